The Balaban J connectivity index is 1.52. The van der Waals surface area contributed by atoms with E-state index >= 15 is 0 Å². The van der Waals surface area contributed by atoms with Crippen molar-refractivity contribution in [1.29, 1.82) is 0 Å². The standard InChI is InChI=1S/C25H19FN6/c1-14-27-13-22(32(14)2)19-9-10-20-24(29-19)18(12-28-20)25-30-21-8-4-7-17(23(21)31-25)15-5-3-6-16(26)11-15/h3-13,28H,1-2H3,(H,30,31). The average Bonchev–Trinajstić information content (AvgIpc) is 3.50. The number of aromatic amines is 2. The Morgan fingerprint density at radius 1 is 0.906 bits per heavy atom. The third kappa shape index (κ3) is 2.82. The van der Waals surface area contributed by atoms with Crippen LogP contribution in [-0.4, -0.2) is 29.5 Å². The first-order chi connectivity index (χ1) is 15.6. The van der Waals surface area contributed by atoms with Gasteiger partial charge in [0.1, 0.15) is 17.5 Å². The van der Waals surface area contributed by atoms with Gasteiger partial charge in [-0.25, -0.2) is 19.3 Å². The van der Waals surface area contributed by atoms with Crippen molar-refractivity contribution < 1.29 is 4.39 Å². The number of fused-ring (bicyclic) bond motifs is 2. The van der Waals surface area contributed by atoms with Crippen molar-refractivity contribution in [2.24, 2.45) is 7.05 Å². The van der Waals surface area contributed by atoms with E-state index in [2.05, 4.69) is 15.0 Å². The number of hydrogen-bond donors (Lipinski definition) is 2. The quantitative estimate of drug-likeness (QED) is 0.389. The highest BCUT2D eigenvalue weighted by molar-refractivity contribution is 5.97. The van der Waals surface area contributed by atoms with Crippen LogP contribution in [0.25, 0.3) is 56.0 Å². The number of halogens is 1. The number of rotatable bonds is 3. The Kier molecular flexibility index (Phi) is 3.98. The van der Waals surface area contributed by atoms with Crippen molar-refractivity contribution in [2.45, 2.75) is 6.92 Å². The predicted molar refractivity (Wildman–Crippen MR) is 124 cm³/mol. The molecule has 7 heteroatoms. The molecular formula is C25H19FN6. The number of nitrogens with one attached hydrogen (secondary N) is 2. The molecule has 4 heterocycles. The van der Waals surface area contributed by atoms with Gasteiger partial charge in [0.25, 0.3) is 0 Å². The second kappa shape index (κ2) is 6.88. The number of aromatic nitrogens is 6. The maximum absolute atomic E-state index is 13.8. The number of H-pyrrole nitrogens is 2. The van der Waals surface area contributed by atoms with Gasteiger partial charge in [0.15, 0.2) is 0 Å². The Morgan fingerprint density at radius 3 is 2.56 bits per heavy atom. The van der Waals surface area contributed by atoms with E-state index in [1.54, 1.807) is 6.07 Å². The molecule has 0 fully saturated rings. The largest absolute Gasteiger partial charge is 0.359 e. The molecule has 4 aromatic heterocycles. The van der Waals surface area contributed by atoms with Gasteiger partial charge in [0.2, 0.25) is 0 Å². The SMILES string of the molecule is Cc1ncc(-c2ccc3[nH]cc(-c4nc5c(-c6cccc(F)c6)cccc5[nH]4)c3n2)n1C. The zero-order valence-corrected chi connectivity index (χ0v) is 17.5. The van der Waals surface area contributed by atoms with Gasteiger partial charge in [-0.2, -0.15) is 0 Å². The Bertz CT molecular complexity index is 1620. The predicted octanol–water partition coefficient (Wildman–Crippen LogP) is 5.62. The number of para-hydroxylation sites is 1. The lowest BCUT2D eigenvalue weighted by molar-refractivity contribution is 0.628. The van der Waals surface area contributed by atoms with Crippen LogP contribution in [-0.2, 0) is 7.05 Å². The lowest BCUT2D eigenvalue weighted by Crippen LogP contribution is -1.96. The molecule has 6 nitrogen and oxygen atoms in total. The van der Waals surface area contributed by atoms with E-state index in [1.807, 2.05) is 67.3 Å². The number of nitrogens with zero attached hydrogens (tertiary/aromatic N) is 4. The zero-order chi connectivity index (χ0) is 21.8. The van der Waals surface area contributed by atoms with E-state index < -0.39 is 0 Å². The van der Waals surface area contributed by atoms with Crippen LogP contribution in [0.15, 0.2) is 67.0 Å². The van der Waals surface area contributed by atoms with Gasteiger partial charge in [0.05, 0.1) is 45.2 Å². The minimum Gasteiger partial charge on any atom is -0.359 e. The maximum atomic E-state index is 13.8. The molecule has 2 aromatic carbocycles. The van der Waals surface area contributed by atoms with Crippen molar-refractivity contribution in [3.8, 4) is 33.9 Å². The molecule has 32 heavy (non-hydrogen) atoms. The molecule has 0 aliphatic rings. The highest BCUT2D eigenvalue weighted by Crippen LogP contribution is 2.33. The van der Waals surface area contributed by atoms with Crippen LogP contribution in [0, 0.1) is 12.7 Å². The second-order valence-electron chi connectivity index (χ2n) is 7.84. The first-order valence-electron chi connectivity index (χ1n) is 10.3. The van der Waals surface area contributed by atoms with Crippen LogP contribution >= 0.6 is 0 Å². The Morgan fingerprint density at radius 2 is 1.75 bits per heavy atom. The zero-order valence-electron chi connectivity index (χ0n) is 17.5. The first-order valence-corrected chi connectivity index (χ1v) is 10.3. The molecule has 0 unspecified atom stereocenters. The highest BCUT2D eigenvalue weighted by Gasteiger charge is 2.16. The molecule has 0 saturated carbocycles. The third-order valence-corrected chi connectivity index (χ3v) is 5.91. The molecule has 0 aliphatic carbocycles. The number of imidazole rings is 2. The van der Waals surface area contributed by atoms with Gasteiger partial charge in [-0.05, 0) is 42.8 Å². The topological polar surface area (TPSA) is 75.2 Å². The summed E-state index contributed by atoms with van der Waals surface area (Å²) in [4.78, 5) is 20.9. The van der Waals surface area contributed by atoms with Gasteiger partial charge in [-0.15, -0.1) is 0 Å². The van der Waals surface area contributed by atoms with Crippen molar-refractivity contribution in [2.75, 3.05) is 0 Å². The molecule has 6 aromatic rings. The lowest BCUT2D eigenvalue weighted by Gasteiger charge is -2.04. The fraction of sp³-hybridized carbons (Fsp3) is 0.0800. The second-order valence-corrected chi connectivity index (χ2v) is 7.84. The fourth-order valence-electron chi connectivity index (χ4n) is 4.11. The summed E-state index contributed by atoms with van der Waals surface area (Å²) in [7, 11) is 1.98. The molecule has 0 atom stereocenters. The van der Waals surface area contributed by atoms with Crippen LogP contribution in [0.3, 0.4) is 0 Å². The van der Waals surface area contributed by atoms with E-state index in [1.165, 1.54) is 12.1 Å². The van der Waals surface area contributed by atoms with Gasteiger partial charge in [-0.3, -0.25) is 0 Å². The smallest absolute Gasteiger partial charge is 0.142 e. The molecule has 0 radical (unpaired) electrons. The first kappa shape index (κ1) is 18.5. The minimum atomic E-state index is -0.269. The summed E-state index contributed by atoms with van der Waals surface area (Å²) >= 11 is 0. The summed E-state index contributed by atoms with van der Waals surface area (Å²) in [6.45, 7) is 1.97. The van der Waals surface area contributed by atoms with Crippen LogP contribution in [0.4, 0.5) is 4.39 Å². The summed E-state index contributed by atoms with van der Waals surface area (Å²) in [5.74, 6) is 1.37. The highest BCUT2D eigenvalue weighted by atomic mass is 19.1. The molecule has 6 rings (SSSR count). The maximum Gasteiger partial charge on any atom is 0.142 e. The van der Waals surface area contributed by atoms with E-state index in [0.29, 0.717) is 5.82 Å². The van der Waals surface area contributed by atoms with E-state index in [9.17, 15) is 4.39 Å². The minimum absolute atomic E-state index is 0.269. The van der Waals surface area contributed by atoms with E-state index in [0.717, 1.165) is 56.0 Å². The summed E-state index contributed by atoms with van der Waals surface area (Å²) in [6, 6.07) is 16.4. The number of benzene rings is 2. The molecule has 0 aliphatic heterocycles. The van der Waals surface area contributed by atoms with Crippen molar-refractivity contribution >= 4 is 22.1 Å². The molecule has 0 bridgehead atoms. The monoisotopic (exact) mass is 422 g/mol. The normalized spacial score (nSPS) is 11.6. The molecule has 0 spiro atoms. The average molecular weight is 422 g/mol. The number of aryl methyl sites for hydroxylation is 1. The van der Waals surface area contributed by atoms with Crippen molar-refractivity contribution in [1.82, 2.24) is 29.5 Å². The van der Waals surface area contributed by atoms with Crippen LogP contribution in [0.1, 0.15) is 5.82 Å². The van der Waals surface area contributed by atoms with Crippen LogP contribution in [0.5, 0.6) is 0 Å². The third-order valence-electron chi connectivity index (χ3n) is 5.91. The van der Waals surface area contributed by atoms with Crippen molar-refractivity contribution in [3.63, 3.8) is 0 Å². The lowest BCUT2D eigenvalue weighted by atomic mass is 10.0. The summed E-state index contributed by atoms with van der Waals surface area (Å²) in [5.41, 5.74) is 7.77. The summed E-state index contributed by atoms with van der Waals surface area (Å²) in [6.07, 6.45) is 3.75. The summed E-state index contributed by atoms with van der Waals surface area (Å²) < 4.78 is 15.8. The van der Waals surface area contributed by atoms with Gasteiger partial charge in [0, 0.05) is 18.8 Å². The van der Waals surface area contributed by atoms with Crippen molar-refractivity contribution in [3.05, 3.63) is 78.6 Å². The molecule has 0 amide bonds. The van der Waals surface area contributed by atoms with Crippen LogP contribution < -0.4 is 0 Å². The molecular weight excluding hydrogens is 403 g/mol. The number of pyridine rings is 1. The molecule has 156 valence electrons. The van der Waals surface area contributed by atoms with E-state index in [4.69, 9.17) is 9.97 Å². The summed E-state index contributed by atoms with van der Waals surface area (Å²) in [5, 5.41) is 0. The van der Waals surface area contributed by atoms with Crippen LogP contribution in [0.2, 0.25) is 0 Å². The fourth-order valence-corrected chi connectivity index (χ4v) is 4.11. The number of hydrogen-bond acceptors (Lipinski definition) is 3. The Hall–Kier alpha value is -4.26. The van der Waals surface area contributed by atoms with Gasteiger partial charge < -0.3 is 14.5 Å². The molecule has 0 saturated heterocycles. The van der Waals surface area contributed by atoms with Gasteiger partial charge in [-0.1, -0.05) is 24.3 Å². The Labute approximate surface area is 182 Å². The van der Waals surface area contributed by atoms with Gasteiger partial charge >= 0.3 is 0 Å². The van der Waals surface area contributed by atoms with E-state index in [-0.39, 0.29) is 5.82 Å². The molecule has 2 N–H and O–H groups in total.